The molecular formula is C56H44N4. The van der Waals surface area contributed by atoms with Gasteiger partial charge in [0, 0.05) is 67.4 Å². The van der Waals surface area contributed by atoms with Crippen LogP contribution in [0.25, 0.3) is 50.2 Å². The molecule has 9 aromatic rings. The van der Waals surface area contributed by atoms with E-state index >= 15 is 0 Å². The minimum Gasteiger partial charge on any atom is -0.311 e. The highest BCUT2D eigenvalue weighted by Gasteiger charge is 2.20. The average molecular weight is 773 g/mol. The molecule has 0 spiro atoms. The van der Waals surface area contributed by atoms with Crippen LogP contribution in [0.3, 0.4) is 0 Å². The smallest absolute Gasteiger partial charge is 0.0541 e. The number of rotatable bonds is 8. The molecule has 60 heavy (non-hydrogen) atoms. The molecule has 7 aromatic carbocycles. The first-order chi connectivity index (χ1) is 29.6. The van der Waals surface area contributed by atoms with Crippen LogP contribution in [0.2, 0.25) is 0 Å². The van der Waals surface area contributed by atoms with E-state index in [1.807, 2.05) is 12.2 Å². The van der Waals surface area contributed by atoms with Crippen LogP contribution >= 0.6 is 0 Å². The van der Waals surface area contributed by atoms with Crippen molar-refractivity contribution in [3.8, 4) is 11.4 Å². The number of anilines is 5. The number of benzene rings is 7. The van der Waals surface area contributed by atoms with Gasteiger partial charge >= 0.3 is 0 Å². The second-order valence-corrected chi connectivity index (χ2v) is 15.2. The quantitative estimate of drug-likeness (QED) is 0.143. The fourth-order valence-corrected chi connectivity index (χ4v) is 8.83. The van der Waals surface area contributed by atoms with Gasteiger partial charge < -0.3 is 18.9 Å². The Balaban J connectivity index is 1.09. The van der Waals surface area contributed by atoms with E-state index in [4.69, 9.17) is 0 Å². The Morgan fingerprint density at radius 3 is 1.63 bits per heavy atom. The summed E-state index contributed by atoms with van der Waals surface area (Å²) in [4.78, 5) is 4.59. The van der Waals surface area contributed by atoms with Gasteiger partial charge in [0.2, 0.25) is 0 Å². The predicted octanol–water partition coefficient (Wildman–Crippen LogP) is 15.0. The molecular weight excluding hydrogens is 729 g/mol. The summed E-state index contributed by atoms with van der Waals surface area (Å²) in [5, 5.41) is 3.74. The monoisotopic (exact) mass is 772 g/mol. The first-order valence-electron chi connectivity index (χ1n) is 20.5. The van der Waals surface area contributed by atoms with Crippen molar-refractivity contribution < 1.29 is 0 Å². The predicted molar refractivity (Wildman–Crippen MR) is 256 cm³/mol. The SMILES string of the molecule is C=C/C=C\c1c(C)c2ccccc2n1-c1ccc(N(c2ccc(N3C(=C)/C=C\C=C/Cc4ccccc43)cc2)c2ccc(-n3c4ccccc4c4ccccc43)cc2)cc1. The Labute approximate surface area is 351 Å². The highest BCUT2D eigenvalue weighted by Crippen LogP contribution is 2.41. The molecule has 10 rings (SSSR count). The highest BCUT2D eigenvalue weighted by atomic mass is 15.2. The zero-order valence-electron chi connectivity index (χ0n) is 33.6. The molecule has 0 fully saturated rings. The molecule has 0 saturated heterocycles. The molecule has 0 unspecified atom stereocenters. The lowest BCUT2D eigenvalue weighted by Crippen LogP contribution is -2.16. The lowest BCUT2D eigenvalue weighted by molar-refractivity contribution is 1.09. The van der Waals surface area contributed by atoms with Crippen LogP contribution < -0.4 is 9.80 Å². The second kappa shape index (κ2) is 15.5. The van der Waals surface area contributed by atoms with Crippen LogP contribution in [0.1, 0.15) is 16.8 Å². The third kappa shape index (κ3) is 6.36. The van der Waals surface area contributed by atoms with Crippen molar-refractivity contribution in [1.82, 2.24) is 9.13 Å². The molecule has 0 saturated carbocycles. The van der Waals surface area contributed by atoms with Crippen molar-refractivity contribution in [2.45, 2.75) is 13.3 Å². The summed E-state index contributed by atoms with van der Waals surface area (Å²) in [7, 11) is 0. The van der Waals surface area contributed by atoms with Crippen LogP contribution in [0.5, 0.6) is 0 Å². The van der Waals surface area contributed by atoms with Crippen LogP contribution in [0.4, 0.5) is 28.4 Å². The maximum Gasteiger partial charge on any atom is 0.0541 e. The molecule has 2 aromatic heterocycles. The molecule has 3 heterocycles. The van der Waals surface area contributed by atoms with Crippen LogP contribution in [0, 0.1) is 6.92 Å². The summed E-state index contributed by atoms with van der Waals surface area (Å²) in [5.41, 5.74) is 15.7. The van der Waals surface area contributed by atoms with Crippen molar-refractivity contribution in [1.29, 1.82) is 0 Å². The van der Waals surface area contributed by atoms with E-state index in [1.165, 1.54) is 43.8 Å². The molecule has 1 aliphatic heterocycles. The van der Waals surface area contributed by atoms with Gasteiger partial charge in [-0.1, -0.05) is 116 Å². The van der Waals surface area contributed by atoms with Crippen LogP contribution in [-0.2, 0) is 6.42 Å². The Hall–Kier alpha value is -7.82. The largest absolute Gasteiger partial charge is 0.311 e. The third-order valence-electron chi connectivity index (χ3n) is 11.6. The van der Waals surface area contributed by atoms with E-state index in [9.17, 15) is 0 Å². The average Bonchev–Trinajstić information content (AvgIpc) is 3.80. The van der Waals surface area contributed by atoms with E-state index in [0.29, 0.717) is 0 Å². The van der Waals surface area contributed by atoms with Crippen molar-refractivity contribution in [2.75, 3.05) is 9.80 Å². The summed E-state index contributed by atoms with van der Waals surface area (Å²) in [6.45, 7) is 10.6. The van der Waals surface area contributed by atoms with Gasteiger partial charge in [-0.3, -0.25) is 0 Å². The number of nitrogens with zero attached hydrogens (tertiary/aromatic N) is 4. The minimum atomic E-state index is 0.848. The van der Waals surface area contributed by atoms with Gasteiger partial charge in [-0.2, -0.15) is 0 Å². The molecule has 0 bridgehead atoms. The number of hydrogen-bond acceptors (Lipinski definition) is 2. The summed E-state index contributed by atoms with van der Waals surface area (Å²) >= 11 is 0. The van der Waals surface area contributed by atoms with Crippen molar-refractivity contribution in [2.24, 2.45) is 0 Å². The number of aryl methyl sites for hydroxylation is 1. The Morgan fingerprint density at radius 2 is 1.03 bits per heavy atom. The Bertz CT molecular complexity index is 3100. The fraction of sp³-hybridized carbons (Fsp3) is 0.0357. The second-order valence-electron chi connectivity index (χ2n) is 15.2. The first-order valence-corrected chi connectivity index (χ1v) is 20.5. The molecule has 4 heteroatoms. The molecule has 288 valence electrons. The van der Waals surface area contributed by atoms with E-state index in [1.54, 1.807) is 0 Å². The highest BCUT2D eigenvalue weighted by molar-refractivity contribution is 6.09. The number of para-hydroxylation sites is 4. The lowest BCUT2D eigenvalue weighted by Gasteiger charge is -2.29. The standard InChI is InChI=1S/C56H44N4/c1-4-5-23-52-41(3)49-20-10-14-25-54(49)59(52)47-36-32-45(33-37-47)58(44-30-28-43(29-31-44)57-40(2)17-7-6-8-18-42-19-9-13-24-53(42)57)46-34-38-48(39-35-46)60-55-26-15-11-21-50(55)51-22-12-16-27-56(51)60/h4-17,19-39H,1-2,18H2,3H3/b8-6-,17-7-,23-5-. The maximum atomic E-state index is 4.49. The molecule has 0 atom stereocenters. The zero-order valence-corrected chi connectivity index (χ0v) is 33.6. The first kappa shape index (κ1) is 36.5. The molecule has 0 aliphatic carbocycles. The lowest BCUT2D eigenvalue weighted by atomic mass is 10.1. The van der Waals surface area contributed by atoms with Gasteiger partial charge in [0.25, 0.3) is 0 Å². The van der Waals surface area contributed by atoms with Gasteiger partial charge in [0.1, 0.15) is 0 Å². The minimum absolute atomic E-state index is 0.848. The molecule has 0 amide bonds. The molecule has 0 radical (unpaired) electrons. The normalized spacial score (nSPS) is 13.9. The van der Waals surface area contributed by atoms with E-state index < -0.39 is 0 Å². The number of aromatic nitrogens is 2. The fourth-order valence-electron chi connectivity index (χ4n) is 8.83. The van der Waals surface area contributed by atoms with Gasteiger partial charge in [-0.25, -0.2) is 0 Å². The van der Waals surface area contributed by atoms with E-state index in [2.05, 4.69) is 239 Å². The molecule has 0 N–H and O–H groups in total. The summed E-state index contributed by atoms with van der Waals surface area (Å²) in [5.74, 6) is 0. The van der Waals surface area contributed by atoms with Gasteiger partial charge in [-0.15, -0.1) is 0 Å². The maximum absolute atomic E-state index is 4.49. The summed E-state index contributed by atoms with van der Waals surface area (Å²) < 4.78 is 4.71. The molecule has 4 nitrogen and oxygen atoms in total. The van der Waals surface area contributed by atoms with Crippen molar-refractivity contribution in [3.05, 3.63) is 242 Å². The Kier molecular flexibility index (Phi) is 9.43. The number of allylic oxidation sites excluding steroid dienone is 6. The molecule has 1 aliphatic rings. The van der Waals surface area contributed by atoms with Gasteiger partial charge in [0.15, 0.2) is 0 Å². The van der Waals surface area contributed by atoms with Crippen LogP contribution in [0.15, 0.2) is 225 Å². The third-order valence-corrected chi connectivity index (χ3v) is 11.6. The number of fused-ring (bicyclic) bond motifs is 5. The van der Waals surface area contributed by atoms with Crippen LogP contribution in [-0.4, -0.2) is 9.13 Å². The zero-order chi connectivity index (χ0) is 40.6. The van der Waals surface area contributed by atoms with Crippen molar-refractivity contribution >= 4 is 67.2 Å². The van der Waals surface area contributed by atoms with E-state index in [-0.39, 0.29) is 0 Å². The topological polar surface area (TPSA) is 16.3 Å². The van der Waals surface area contributed by atoms with Gasteiger partial charge in [0.05, 0.1) is 16.6 Å². The summed E-state index contributed by atoms with van der Waals surface area (Å²) in [6.07, 6.45) is 15.3. The Morgan fingerprint density at radius 1 is 0.533 bits per heavy atom. The van der Waals surface area contributed by atoms with E-state index in [0.717, 1.165) is 57.6 Å². The summed E-state index contributed by atoms with van der Waals surface area (Å²) in [6, 6.07) is 61.2. The van der Waals surface area contributed by atoms with Gasteiger partial charge in [-0.05, 0) is 134 Å². The number of hydrogen-bond donors (Lipinski definition) is 0. The van der Waals surface area contributed by atoms with Crippen molar-refractivity contribution in [3.63, 3.8) is 0 Å².